The van der Waals surface area contributed by atoms with Crippen LogP contribution in [0.4, 0.5) is 0 Å². The number of aryl methyl sites for hydroxylation is 1. The van der Waals surface area contributed by atoms with Crippen molar-refractivity contribution in [1.82, 2.24) is 0 Å². The molecule has 0 aliphatic heterocycles. The number of ketones is 1. The van der Waals surface area contributed by atoms with Crippen LogP contribution in [-0.2, 0) is 0 Å². The largest absolute Gasteiger partial charge is 0.288 e. The number of carbonyl (C=O) groups is 1. The number of thiophene rings is 1. The van der Waals surface area contributed by atoms with E-state index in [0.717, 1.165) is 9.35 Å². The summed E-state index contributed by atoms with van der Waals surface area (Å²) in [5.74, 6) is -0.148. The van der Waals surface area contributed by atoms with Gasteiger partial charge in [-0.05, 0) is 41.1 Å². The second-order valence-electron chi connectivity index (χ2n) is 3.46. The van der Waals surface area contributed by atoms with E-state index in [4.69, 9.17) is 23.2 Å². The molecule has 0 radical (unpaired) electrons. The lowest BCUT2D eigenvalue weighted by Gasteiger charge is -2.04. The Morgan fingerprint density at radius 1 is 1.29 bits per heavy atom. The highest BCUT2D eigenvalue weighted by atomic mass is 79.9. The molecule has 1 heterocycles. The first-order chi connectivity index (χ1) is 8.00. The average Bonchev–Trinajstić information content (AvgIpc) is 2.57. The Bertz CT molecular complexity index is 572. The normalized spacial score (nSPS) is 10.6. The summed E-state index contributed by atoms with van der Waals surface area (Å²) in [6.07, 6.45) is 0. The van der Waals surface area contributed by atoms with E-state index in [-0.39, 0.29) is 5.78 Å². The molecular weight excluding hydrogens is 343 g/mol. The van der Waals surface area contributed by atoms with Crippen molar-refractivity contribution >= 4 is 56.3 Å². The molecule has 0 N–H and O–H groups in total. The summed E-state index contributed by atoms with van der Waals surface area (Å²) in [6.45, 7) is 1.94. The van der Waals surface area contributed by atoms with Gasteiger partial charge in [-0.15, -0.1) is 11.3 Å². The van der Waals surface area contributed by atoms with Crippen LogP contribution >= 0.6 is 50.5 Å². The zero-order valence-electron chi connectivity index (χ0n) is 8.76. The quantitative estimate of drug-likeness (QED) is 0.667. The molecule has 0 fully saturated rings. The van der Waals surface area contributed by atoms with Gasteiger partial charge in [-0.2, -0.15) is 0 Å². The predicted octanol–water partition coefficient (Wildman–Crippen LogP) is 5.36. The molecule has 88 valence electrons. The van der Waals surface area contributed by atoms with Crippen LogP contribution in [0, 0.1) is 6.92 Å². The maximum atomic E-state index is 12.3. The van der Waals surface area contributed by atoms with E-state index in [9.17, 15) is 4.79 Å². The first-order valence-corrected chi connectivity index (χ1v) is 7.12. The third-order valence-corrected chi connectivity index (χ3v) is 4.77. The van der Waals surface area contributed by atoms with Crippen LogP contribution in [0.1, 0.15) is 20.1 Å². The fourth-order valence-electron chi connectivity index (χ4n) is 1.47. The van der Waals surface area contributed by atoms with E-state index >= 15 is 0 Å². The van der Waals surface area contributed by atoms with Gasteiger partial charge in [0.15, 0.2) is 0 Å². The van der Waals surface area contributed by atoms with Crippen LogP contribution in [-0.4, -0.2) is 5.78 Å². The van der Waals surface area contributed by atoms with Gasteiger partial charge in [0.2, 0.25) is 5.78 Å². The Balaban J connectivity index is 2.55. The highest BCUT2D eigenvalue weighted by molar-refractivity contribution is 9.10. The van der Waals surface area contributed by atoms with Crippen LogP contribution in [0.5, 0.6) is 0 Å². The van der Waals surface area contributed by atoms with Crippen molar-refractivity contribution in [2.75, 3.05) is 0 Å². The van der Waals surface area contributed by atoms with Gasteiger partial charge in [0.1, 0.15) is 0 Å². The lowest BCUT2D eigenvalue weighted by atomic mass is 10.1. The summed E-state index contributed by atoms with van der Waals surface area (Å²) in [6, 6.07) is 6.95. The van der Waals surface area contributed by atoms with Crippen LogP contribution in [0.2, 0.25) is 10.0 Å². The second kappa shape index (κ2) is 5.11. The van der Waals surface area contributed by atoms with Crippen molar-refractivity contribution in [2.45, 2.75) is 6.92 Å². The van der Waals surface area contributed by atoms with Gasteiger partial charge in [-0.3, -0.25) is 4.79 Å². The number of hydrogen-bond acceptors (Lipinski definition) is 2. The van der Waals surface area contributed by atoms with Gasteiger partial charge in [0, 0.05) is 9.35 Å². The third kappa shape index (κ3) is 2.58. The molecule has 0 bridgehead atoms. The summed E-state index contributed by atoms with van der Waals surface area (Å²) in [7, 11) is 0. The number of benzene rings is 1. The van der Waals surface area contributed by atoms with Crippen LogP contribution in [0.15, 0.2) is 28.7 Å². The molecule has 5 heteroatoms. The zero-order valence-corrected chi connectivity index (χ0v) is 12.7. The molecule has 0 spiro atoms. The molecule has 1 nitrogen and oxygen atoms in total. The van der Waals surface area contributed by atoms with Crippen LogP contribution < -0.4 is 0 Å². The average molecular weight is 350 g/mol. The molecule has 1 aromatic carbocycles. The number of rotatable bonds is 2. The number of carbonyl (C=O) groups excluding carboxylic acids is 1. The molecule has 2 rings (SSSR count). The van der Waals surface area contributed by atoms with Crippen molar-refractivity contribution in [3.63, 3.8) is 0 Å². The lowest BCUT2D eigenvalue weighted by Crippen LogP contribution is -2.01. The first-order valence-electron chi connectivity index (χ1n) is 4.75. The molecule has 2 aromatic rings. The highest BCUT2D eigenvalue weighted by Gasteiger charge is 2.20. The predicted molar refractivity (Wildman–Crippen MR) is 76.7 cm³/mol. The molecule has 17 heavy (non-hydrogen) atoms. The maximum absolute atomic E-state index is 12.3. The number of halogens is 3. The van der Waals surface area contributed by atoms with Crippen molar-refractivity contribution in [3.8, 4) is 0 Å². The van der Waals surface area contributed by atoms with Crippen LogP contribution in [0.3, 0.4) is 0 Å². The van der Waals surface area contributed by atoms with Gasteiger partial charge in [0.05, 0.1) is 20.5 Å². The van der Waals surface area contributed by atoms with Crippen molar-refractivity contribution < 1.29 is 4.79 Å². The van der Waals surface area contributed by atoms with Gasteiger partial charge in [-0.1, -0.05) is 29.3 Å². The Labute approximate surface area is 121 Å². The lowest BCUT2D eigenvalue weighted by molar-refractivity contribution is 0.104. The summed E-state index contributed by atoms with van der Waals surface area (Å²) < 4.78 is 0.779. The highest BCUT2D eigenvalue weighted by Crippen LogP contribution is 2.33. The maximum Gasteiger partial charge on any atom is 0.207 e. The van der Waals surface area contributed by atoms with E-state index in [1.165, 1.54) is 11.3 Å². The third-order valence-electron chi connectivity index (χ3n) is 2.21. The Kier molecular flexibility index (Phi) is 3.93. The standard InChI is InChI=1S/C12H7BrCl2OS/c1-6-5-7(13)12(17-6)11(16)10-8(14)3-2-4-9(10)15/h2-5H,1H3. The molecule has 0 unspecified atom stereocenters. The van der Waals surface area contributed by atoms with Gasteiger partial charge in [0.25, 0.3) is 0 Å². The summed E-state index contributed by atoms with van der Waals surface area (Å²) in [5, 5.41) is 0.751. The van der Waals surface area contributed by atoms with Gasteiger partial charge < -0.3 is 0 Å². The van der Waals surface area contributed by atoms with E-state index in [0.29, 0.717) is 20.5 Å². The molecule has 0 aliphatic rings. The SMILES string of the molecule is Cc1cc(Br)c(C(=O)c2c(Cl)cccc2Cl)s1. The summed E-state index contributed by atoms with van der Waals surface area (Å²) in [4.78, 5) is 14.0. The summed E-state index contributed by atoms with van der Waals surface area (Å²) in [5.41, 5.74) is 0.360. The molecule has 0 amide bonds. The molecule has 0 atom stereocenters. The molecule has 0 saturated heterocycles. The van der Waals surface area contributed by atoms with Crippen molar-refractivity contribution in [2.24, 2.45) is 0 Å². The minimum absolute atomic E-state index is 0.148. The van der Waals surface area contributed by atoms with E-state index in [1.54, 1.807) is 18.2 Å². The van der Waals surface area contributed by atoms with Gasteiger partial charge >= 0.3 is 0 Å². The monoisotopic (exact) mass is 348 g/mol. The fourth-order valence-corrected chi connectivity index (χ4v) is 3.80. The van der Waals surface area contributed by atoms with Crippen LogP contribution in [0.25, 0.3) is 0 Å². The molecule has 1 aromatic heterocycles. The van der Waals surface area contributed by atoms with E-state index in [2.05, 4.69) is 15.9 Å². The topological polar surface area (TPSA) is 17.1 Å². The Hall–Kier alpha value is -0.350. The molecule has 0 aliphatic carbocycles. The zero-order chi connectivity index (χ0) is 12.6. The smallest absolute Gasteiger partial charge is 0.207 e. The summed E-state index contributed by atoms with van der Waals surface area (Å²) >= 11 is 16.8. The van der Waals surface area contributed by atoms with Gasteiger partial charge in [-0.25, -0.2) is 0 Å². The minimum atomic E-state index is -0.148. The number of hydrogen-bond donors (Lipinski definition) is 0. The first kappa shape index (κ1) is 13.1. The Morgan fingerprint density at radius 3 is 2.35 bits per heavy atom. The van der Waals surface area contributed by atoms with E-state index in [1.807, 2.05) is 13.0 Å². The fraction of sp³-hybridized carbons (Fsp3) is 0.0833. The Morgan fingerprint density at radius 2 is 1.88 bits per heavy atom. The van der Waals surface area contributed by atoms with Crippen molar-refractivity contribution in [3.05, 3.63) is 54.1 Å². The second-order valence-corrected chi connectivity index (χ2v) is 6.38. The van der Waals surface area contributed by atoms with Crippen molar-refractivity contribution in [1.29, 1.82) is 0 Å². The minimum Gasteiger partial charge on any atom is -0.288 e. The molecule has 0 saturated carbocycles. The molecular formula is C12H7BrCl2OS. The van der Waals surface area contributed by atoms with E-state index < -0.39 is 0 Å².